The highest BCUT2D eigenvalue weighted by molar-refractivity contribution is 5.39. The molecule has 1 N–H and O–H groups in total. The Balaban J connectivity index is 1.64. The highest BCUT2D eigenvalue weighted by Crippen LogP contribution is 2.08. The highest BCUT2D eigenvalue weighted by Gasteiger charge is 2.13. The zero-order chi connectivity index (χ0) is 11.5. The van der Waals surface area contributed by atoms with Crippen LogP contribution in [0.15, 0.2) is 30.6 Å². The first-order chi connectivity index (χ1) is 8.42. The summed E-state index contributed by atoms with van der Waals surface area (Å²) in [4.78, 5) is 4.56. The second-order valence-corrected chi connectivity index (χ2v) is 4.49. The van der Waals surface area contributed by atoms with Crippen molar-refractivity contribution in [2.24, 2.45) is 0 Å². The Morgan fingerprint density at radius 3 is 3.29 bits per heavy atom. The smallest absolute Gasteiger partial charge is 0.137 e. The van der Waals surface area contributed by atoms with E-state index in [9.17, 15) is 0 Å². The lowest BCUT2D eigenvalue weighted by atomic mass is 10.1. The summed E-state index contributed by atoms with van der Waals surface area (Å²) in [5.74, 6) is 0. The molecule has 0 radical (unpaired) electrons. The fraction of sp³-hybridized carbons (Fsp3) is 0.462. The zero-order valence-corrected chi connectivity index (χ0v) is 9.80. The number of rotatable bonds is 3. The molecule has 1 atom stereocenters. The van der Waals surface area contributed by atoms with Crippen LogP contribution in [-0.4, -0.2) is 28.6 Å². The molecule has 0 aliphatic carbocycles. The molecule has 4 nitrogen and oxygen atoms in total. The second kappa shape index (κ2) is 4.85. The van der Waals surface area contributed by atoms with Crippen molar-refractivity contribution in [3.05, 3.63) is 36.3 Å². The summed E-state index contributed by atoms with van der Waals surface area (Å²) in [7, 11) is 0. The fourth-order valence-electron chi connectivity index (χ4n) is 2.22. The lowest BCUT2D eigenvalue weighted by Crippen LogP contribution is -2.36. The molecule has 1 unspecified atom stereocenters. The first-order valence-electron chi connectivity index (χ1n) is 6.15. The van der Waals surface area contributed by atoms with Crippen LogP contribution in [0, 0.1) is 0 Å². The van der Waals surface area contributed by atoms with Gasteiger partial charge in [-0.1, -0.05) is 6.07 Å². The van der Waals surface area contributed by atoms with Gasteiger partial charge in [-0.25, -0.2) is 4.98 Å². The number of fused-ring (bicyclic) bond motifs is 1. The van der Waals surface area contributed by atoms with Crippen LogP contribution >= 0.6 is 0 Å². The third-order valence-electron chi connectivity index (χ3n) is 3.15. The summed E-state index contributed by atoms with van der Waals surface area (Å²) >= 11 is 0. The Hall–Kier alpha value is -1.39. The predicted octanol–water partition coefficient (Wildman–Crippen LogP) is 1.60. The van der Waals surface area contributed by atoms with E-state index in [0.29, 0.717) is 6.04 Å². The second-order valence-electron chi connectivity index (χ2n) is 4.49. The predicted molar refractivity (Wildman–Crippen MR) is 65.9 cm³/mol. The van der Waals surface area contributed by atoms with Gasteiger partial charge >= 0.3 is 0 Å². The molecule has 1 saturated heterocycles. The van der Waals surface area contributed by atoms with Crippen LogP contribution in [0.3, 0.4) is 0 Å². The molecule has 17 heavy (non-hydrogen) atoms. The molecular weight excluding hydrogens is 214 g/mol. The normalized spacial score (nSPS) is 20.8. The van der Waals surface area contributed by atoms with Crippen LogP contribution in [0.4, 0.5) is 0 Å². The molecule has 2 aromatic rings. The summed E-state index contributed by atoms with van der Waals surface area (Å²) in [6.07, 6.45) is 6.46. The Bertz CT molecular complexity index is 455. The van der Waals surface area contributed by atoms with Gasteiger partial charge in [0.15, 0.2) is 0 Å². The Morgan fingerprint density at radius 1 is 1.47 bits per heavy atom. The molecule has 3 heterocycles. The number of pyridine rings is 1. The first-order valence-corrected chi connectivity index (χ1v) is 6.15. The molecule has 1 aliphatic rings. The molecule has 0 bridgehead atoms. The molecule has 3 rings (SSSR count). The third kappa shape index (κ3) is 2.48. The maximum absolute atomic E-state index is 5.44. The van der Waals surface area contributed by atoms with Crippen LogP contribution < -0.4 is 5.32 Å². The number of ether oxygens (including phenoxy) is 1. The maximum Gasteiger partial charge on any atom is 0.137 e. The number of hydrogen-bond acceptors (Lipinski definition) is 3. The van der Waals surface area contributed by atoms with Crippen molar-refractivity contribution in [1.29, 1.82) is 0 Å². The number of nitrogens with one attached hydrogen (secondary N) is 1. The monoisotopic (exact) mass is 231 g/mol. The van der Waals surface area contributed by atoms with E-state index in [4.69, 9.17) is 4.74 Å². The molecule has 0 saturated carbocycles. The molecule has 2 aromatic heterocycles. The minimum absolute atomic E-state index is 0.480. The van der Waals surface area contributed by atoms with Gasteiger partial charge in [-0.2, -0.15) is 0 Å². The van der Waals surface area contributed by atoms with Crippen molar-refractivity contribution >= 4 is 5.65 Å². The van der Waals surface area contributed by atoms with Gasteiger partial charge in [-0.3, -0.25) is 0 Å². The molecule has 1 fully saturated rings. The Morgan fingerprint density at radius 2 is 2.47 bits per heavy atom. The minimum atomic E-state index is 0.480. The molecule has 4 heteroatoms. The molecular formula is C13H17N3O. The van der Waals surface area contributed by atoms with Gasteiger partial charge in [0.25, 0.3) is 0 Å². The van der Waals surface area contributed by atoms with Crippen molar-refractivity contribution in [2.75, 3.05) is 13.2 Å². The minimum Gasteiger partial charge on any atom is -0.380 e. The zero-order valence-electron chi connectivity index (χ0n) is 9.80. The van der Waals surface area contributed by atoms with Gasteiger partial charge in [-0.15, -0.1) is 0 Å². The van der Waals surface area contributed by atoms with Crippen molar-refractivity contribution < 1.29 is 4.74 Å². The fourth-order valence-corrected chi connectivity index (χ4v) is 2.22. The Kier molecular flexibility index (Phi) is 3.07. The van der Waals surface area contributed by atoms with E-state index >= 15 is 0 Å². The van der Waals surface area contributed by atoms with E-state index in [-0.39, 0.29) is 0 Å². The lowest BCUT2D eigenvalue weighted by molar-refractivity contribution is 0.0698. The van der Waals surface area contributed by atoms with E-state index in [1.807, 2.05) is 28.8 Å². The van der Waals surface area contributed by atoms with Gasteiger partial charge in [0.05, 0.1) is 12.3 Å². The quantitative estimate of drug-likeness (QED) is 0.872. The summed E-state index contributed by atoms with van der Waals surface area (Å²) in [6.45, 7) is 2.55. The maximum atomic E-state index is 5.44. The van der Waals surface area contributed by atoms with Crippen molar-refractivity contribution in [2.45, 2.75) is 25.4 Å². The number of aromatic nitrogens is 2. The standard InChI is InChI=1S/C13H17N3O/c1-2-6-16-9-12(15-13(16)5-1)8-14-11-4-3-7-17-10-11/h1-2,5-6,9,11,14H,3-4,7-8,10H2. The molecule has 0 aromatic carbocycles. The third-order valence-corrected chi connectivity index (χ3v) is 3.15. The molecule has 1 aliphatic heterocycles. The molecule has 90 valence electrons. The van der Waals surface area contributed by atoms with Gasteiger partial charge in [0.2, 0.25) is 0 Å². The van der Waals surface area contributed by atoms with Gasteiger partial charge in [0.1, 0.15) is 5.65 Å². The van der Waals surface area contributed by atoms with Crippen molar-refractivity contribution in [3.63, 3.8) is 0 Å². The summed E-state index contributed by atoms with van der Waals surface area (Å²) < 4.78 is 7.49. The van der Waals surface area contributed by atoms with Crippen LogP contribution in [0.1, 0.15) is 18.5 Å². The van der Waals surface area contributed by atoms with Gasteiger partial charge in [-0.05, 0) is 25.0 Å². The van der Waals surface area contributed by atoms with Crippen LogP contribution in [0.5, 0.6) is 0 Å². The van der Waals surface area contributed by atoms with Crippen molar-refractivity contribution in [1.82, 2.24) is 14.7 Å². The van der Waals surface area contributed by atoms with Crippen LogP contribution in [0.2, 0.25) is 0 Å². The van der Waals surface area contributed by atoms with Gasteiger partial charge < -0.3 is 14.5 Å². The highest BCUT2D eigenvalue weighted by atomic mass is 16.5. The van der Waals surface area contributed by atoms with E-state index in [1.165, 1.54) is 6.42 Å². The average molecular weight is 231 g/mol. The van der Waals surface area contributed by atoms with Gasteiger partial charge in [0, 0.05) is 31.6 Å². The Labute approximate surface area is 101 Å². The number of nitrogens with zero attached hydrogens (tertiary/aromatic N) is 2. The summed E-state index contributed by atoms with van der Waals surface area (Å²) in [5.41, 5.74) is 2.09. The van der Waals surface area contributed by atoms with Crippen LogP contribution in [0.25, 0.3) is 5.65 Å². The number of hydrogen-bond donors (Lipinski definition) is 1. The topological polar surface area (TPSA) is 38.6 Å². The summed E-state index contributed by atoms with van der Waals surface area (Å²) in [5, 5.41) is 3.50. The molecule has 0 amide bonds. The SMILES string of the molecule is c1ccn2cc(CNC3CCCOC3)nc2c1. The van der Waals surface area contributed by atoms with E-state index in [0.717, 1.165) is 37.5 Å². The van der Waals surface area contributed by atoms with E-state index in [2.05, 4.69) is 16.5 Å². The average Bonchev–Trinajstić information content (AvgIpc) is 2.80. The van der Waals surface area contributed by atoms with E-state index in [1.54, 1.807) is 0 Å². The van der Waals surface area contributed by atoms with Crippen molar-refractivity contribution in [3.8, 4) is 0 Å². The van der Waals surface area contributed by atoms with Crippen LogP contribution in [-0.2, 0) is 11.3 Å². The molecule has 0 spiro atoms. The lowest BCUT2D eigenvalue weighted by Gasteiger charge is -2.22. The summed E-state index contributed by atoms with van der Waals surface area (Å²) in [6, 6.07) is 6.52. The van der Waals surface area contributed by atoms with E-state index < -0.39 is 0 Å². The number of imidazole rings is 1. The first kappa shape index (κ1) is 10.7. The largest absolute Gasteiger partial charge is 0.380 e.